The molecular weight excluding hydrogens is 80.2 g/mol. The van der Waals surface area contributed by atoms with Gasteiger partial charge in [-0.05, 0) is 14.7 Å². The molecule has 0 aromatic heterocycles. The van der Waals surface area contributed by atoms with Gasteiger partial charge < -0.3 is 0 Å². The third-order valence-electron chi connectivity index (χ3n) is 0.667. The SMILES string of the molecule is C1=[SiH][SiH2]C1. The van der Waals surface area contributed by atoms with Crippen molar-refractivity contribution in [2.45, 2.75) is 6.04 Å². The first-order valence-corrected chi connectivity index (χ1v) is 6.58. The van der Waals surface area contributed by atoms with Crippen molar-refractivity contribution in [3.05, 3.63) is 0 Å². The number of hydrogen-bond acceptors (Lipinski definition) is 0. The molecule has 0 saturated carbocycles. The van der Waals surface area contributed by atoms with Crippen LogP contribution in [0.25, 0.3) is 0 Å². The van der Waals surface area contributed by atoms with Crippen LogP contribution in [0.2, 0.25) is 6.04 Å². The first kappa shape index (κ1) is 2.54. The Morgan fingerprint density at radius 1 is 2.00 bits per heavy atom. The molecule has 0 atom stereocenters. The van der Waals surface area contributed by atoms with E-state index in [1.807, 2.05) is 0 Å². The van der Waals surface area contributed by atoms with Gasteiger partial charge in [0, 0.05) is 9.04 Å². The predicted molar refractivity (Wildman–Crippen MR) is 26.6 cm³/mol. The van der Waals surface area contributed by atoms with E-state index in [1.54, 1.807) is 6.04 Å². The van der Waals surface area contributed by atoms with E-state index in [9.17, 15) is 0 Å². The molecule has 1 aliphatic heterocycles. The summed E-state index contributed by atoms with van der Waals surface area (Å²) in [4.78, 5) is 0. The summed E-state index contributed by atoms with van der Waals surface area (Å²) in [5.41, 5.74) is 2.45. The second-order valence-corrected chi connectivity index (χ2v) is 6.29. The molecule has 0 aromatic rings. The molecule has 22 valence electrons. The van der Waals surface area contributed by atoms with Crippen LogP contribution in [0.1, 0.15) is 0 Å². The number of hydrogen-bond donors (Lipinski definition) is 0. The average molecular weight is 86.2 g/mol. The Balaban J connectivity index is 2.47. The van der Waals surface area contributed by atoms with Crippen LogP contribution >= 0.6 is 0 Å². The lowest BCUT2D eigenvalue weighted by atomic mass is 11.0. The summed E-state index contributed by atoms with van der Waals surface area (Å²) in [7, 11) is 1.61. The van der Waals surface area contributed by atoms with Crippen LogP contribution in [-0.4, -0.2) is 23.4 Å². The third-order valence-corrected chi connectivity index (χ3v) is 6.00. The normalized spacial score (nSPS) is 26.0. The van der Waals surface area contributed by atoms with Gasteiger partial charge >= 0.3 is 0 Å². The minimum Gasteiger partial charge on any atom is -0.113 e. The Morgan fingerprint density at radius 2 is 2.25 bits per heavy atom. The molecule has 1 rings (SSSR count). The molecule has 0 fully saturated rings. The first-order valence-electron chi connectivity index (χ1n) is 1.65. The van der Waals surface area contributed by atoms with E-state index in [0.717, 1.165) is 8.65 Å². The summed E-state index contributed by atoms with van der Waals surface area (Å²) in [5, 5.41) is 0. The first-order chi connectivity index (χ1) is 2.00. The smallest absolute Gasteiger partial charge is 0.0317 e. The highest BCUT2D eigenvalue weighted by molar-refractivity contribution is 7.10. The van der Waals surface area contributed by atoms with Gasteiger partial charge in [0.15, 0.2) is 0 Å². The molecule has 2 heteroatoms. The summed E-state index contributed by atoms with van der Waals surface area (Å²) in [6.45, 7) is 0. The van der Waals surface area contributed by atoms with Gasteiger partial charge in [0.05, 0.1) is 0 Å². The van der Waals surface area contributed by atoms with E-state index >= 15 is 0 Å². The van der Waals surface area contributed by atoms with E-state index in [0.29, 0.717) is 9.04 Å². The van der Waals surface area contributed by atoms with Crippen molar-refractivity contribution in [3.8, 4) is 0 Å². The lowest BCUT2D eigenvalue weighted by Crippen LogP contribution is -2.08. The zero-order chi connectivity index (χ0) is 2.83. The Morgan fingerprint density at radius 3 is 2.25 bits per heavy atom. The molecule has 0 nitrogen and oxygen atoms in total. The zero-order valence-corrected chi connectivity index (χ0v) is 5.14. The highest BCUT2D eigenvalue weighted by Gasteiger charge is 1.83. The topological polar surface area (TPSA) is 0 Å². The second-order valence-electron chi connectivity index (χ2n) is 1.05. The van der Waals surface area contributed by atoms with Gasteiger partial charge in [0.2, 0.25) is 0 Å². The lowest BCUT2D eigenvalue weighted by Gasteiger charge is -1.90. The van der Waals surface area contributed by atoms with Crippen LogP contribution in [-0.2, 0) is 0 Å². The van der Waals surface area contributed by atoms with Crippen molar-refractivity contribution in [1.82, 2.24) is 0 Å². The second kappa shape index (κ2) is 0.947. The monoisotopic (exact) mass is 86.0 g/mol. The van der Waals surface area contributed by atoms with Crippen molar-refractivity contribution < 1.29 is 0 Å². The fraction of sp³-hybridized carbons (Fsp3) is 0.500. The standard InChI is InChI=1S/C2H6Si2/c1-2-4-3-1/h1,3H,2,4H2. The average Bonchev–Trinajstić information content (AvgIpc) is 0.722. The highest BCUT2D eigenvalue weighted by Crippen LogP contribution is 1.71. The molecule has 0 bridgehead atoms. The van der Waals surface area contributed by atoms with Gasteiger partial charge in [-0.15, -0.1) is 5.67 Å². The Kier molecular flexibility index (Phi) is 0.600. The Hall–Kier alpha value is 0.304. The molecule has 1 aliphatic rings. The third kappa shape index (κ3) is 0.211. The van der Waals surface area contributed by atoms with Gasteiger partial charge in [-0.3, -0.25) is 0 Å². The van der Waals surface area contributed by atoms with Crippen LogP contribution in [0.5, 0.6) is 0 Å². The fourth-order valence-corrected chi connectivity index (χ4v) is 1.50. The van der Waals surface area contributed by atoms with E-state index < -0.39 is 0 Å². The molecule has 0 spiro atoms. The molecule has 0 N–H and O–H groups in total. The van der Waals surface area contributed by atoms with E-state index in [4.69, 9.17) is 0 Å². The minimum absolute atomic E-state index is 0.633. The molecule has 0 amide bonds. The van der Waals surface area contributed by atoms with Gasteiger partial charge in [0.1, 0.15) is 0 Å². The Bertz CT molecular complexity index is 33.3. The Labute approximate surface area is 30.3 Å². The molecule has 0 unspecified atom stereocenters. The van der Waals surface area contributed by atoms with Crippen molar-refractivity contribution in [3.63, 3.8) is 0 Å². The van der Waals surface area contributed by atoms with Crippen molar-refractivity contribution in [1.29, 1.82) is 0 Å². The van der Waals surface area contributed by atoms with Crippen LogP contribution in [0, 0.1) is 0 Å². The van der Waals surface area contributed by atoms with Crippen LogP contribution in [0.4, 0.5) is 0 Å². The highest BCUT2D eigenvalue weighted by atomic mass is 29.1. The van der Waals surface area contributed by atoms with Crippen molar-refractivity contribution in [2.24, 2.45) is 0 Å². The molecule has 0 saturated heterocycles. The largest absolute Gasteiger partial charge is 0.113 e. The maximum absolute atomic E-state index is 2.45. The van der Waals surface area contributed by atoms with Gasteiger partial charge in [-0.25, -0.2) is 0 Å². The fourth-order valence-electron chi connectivity index (χ4n) is 0.167. The van der Waals surface area contributed by atoms with E-state index in [-0.39, 0.29) is 0 Å². The molecule has 0 aliphatic carbocycles. The van der Waals surface area contributed by atoms with Crippen LogP contribution in [0.3, 0.4) is 0 Å². The summed E-state index contributed by atoms with van der Waals surface area (Å²) in [6, 6.07) is 1.55. The lowest BCUT2D eigenvalue weighted by molar-refractivity contribution is 2.02. The minimum atomic E-state index is 0.633. The zero-order valence-electron chi connectivity index (χ0n) is 2.57. The predicted octanol–water partition coefficient (Wildman–Crippen LogP) is -1.26. The summed E-state index contributed by atoms with van der Waals surface area (Å²) < 4.78 is 0. The summed E-state index contributed by atoms with van der Waals surface area (Å²) >= 11 is 0. The molecule has 4 heavy (non-hydrogen) atoms. The molecule has 1 heterocycles. The molecule has 0 aromatic carbocycles. The van der Waals surface area contributed by atoms with Crippen LogP contribution < -0.4 is 0 Å². The molecular formula is C2H6Si2. The quantitative estimate of drug-likeness (QED) is 0.323. The van der Waals surface area contributed by atoms with Crippen LogP contribution in [0.15, 0.2) is 0 Å². The van der Waals surface area contributed by atoms with E-state index in [1.165, 1.54) is 0 Å². The van der Waals surface area contributed by atoms with E-state index in [2.05, 4.69) is 5.67 Å². The summed E-state index contributed by atoms with van der Waals surface area (Å²) in [5.74, 6) is 0. The number of rotatable bonds is 0. The summed E-state index contributed by atoms with van der Waals surface area (Å²) in [6.07, 6.45) is 0. The van der Waals surface area contributed by atoms with Crippen molar-refractivity contribution in [2.75, 3.05) is 0 Å². The maximum atomic E-state index is 2.45. The van der Waals surface area contributed by atoms with Gasteiger partial charge in [-0.1, -0.05) is 0 Å². The van der Waals surface area contributed by atoms with Gasteiger partial charge in [-0.2, -0.15) is 0 Å². The molecule has 0 radical (unpaired) electrons. The van der Waals surface area contributed by atoms with Gasteiger partial charge in [0.25, 0.3) is 0 Å². The van der Waals surface area contributed by atoms with Crippen molar-refractivity contribution >= 4 is 23.4 Å². The maximum Gasteiger partial charge on any atom is 0.0317 e.